The van der Waals surface area contributed by atoms with Crippen LogP contribution >= 0.6 is 11.6 Å². The summed E-state index contributed by atoms with van der Waals surface area (Å²) < 4.78 is 18.3. The maximum Gasteiger partial charge on any atom is 0.328 e. The smallest absolute Gasteiger partial charge is 0.328 e. The second kappa shape index (κ2) is 17.0. The Balaban J connectivity index is 1.17. The van der Waals surface area contributed by atoms with Crippen molar-refractivity contribution in [3.05, 3.63) is 136 Å². The number of piperidine rings is 1. The van der Waals surface area contributed by atoms with E-state index in [1.165, 1.54) is 7.11 Å². The van der Waals surface area contributed by atoms with Gasteiger partial charge in [0.1, 0.15) is 6.04 Å². The van der Waals surface area contributed by atoms with E-state index < -0.39 is 29.9 Å². The van der Waals surface area contributed by atoms with Gasteiger partial charge in [-0.25, -0.2) is 9.59 Å². The van der Waals surface area contributed by atoms with Crippen LogP contribution in [-0.2, 0) is 37.6 Å². The Hall–Kier alpha value is -4.29. The number of likely N-dealkylation sites (tertiary alicyclic amines) is 1. The number of aliphatic hydroxyl groups excluding tert-OH is 1. The van der Waals surface area contributed by atoms with Crippen molar-refractivity contribution >= 4 is 29.3 Å². The molecule has 2 aliphatic heterocycles. The number of ether oxygens (including phenoxy) is 3. The average Bonchev–Trinajstić information content (AvgIpc) is 3.16. The molecule has 4 aromatic rings. The minimum Gasteiger partial charge on any atom is -0.467 e. The molecular weight excluding hydrogens is 682 g/mol. The van der Waals surface area contributed by atoms with E-state index >= 15 is 0 Å². The van der Waals surface area contributed by atoms with Crippen LogP contribution in [0.4, 0.5) is 10.5 Å². The molecular formula is C41H46ClN3O7. The lowest BCUT2D eigenvalue weighted by atomic mass is 9.84. The van der Waals surface area contributed by atoms with E-state index in [2.05, 4.69) is 22.5 Å². The van der Waals surface area contributed by atoms with Gasteiger partial charge in [0.15, 0.2) is 6.29 Å². The fourth-order valence-corrected chi connectivity index (χ4v) is 7.14. The van der Waals surface area contributed by atoms with Gasteiger partial charge in [0.05, 0.1) is 31.5 Å². The van der Waals surface area contributed by atoms with Gasteiger partial charge in [-0.3, -0.25) is 0 Å². The van der Waals surface area contributed by atoms with Gasteiger partial charge in [0.2, 0.25) is 0 Å². The van der Waals surface area contributed by atoms with Gasteiger partial charge in [-0.15, -0.1) is 0 Å². The van der Waals surface area contributed by atoms with E-state index in [0.29, 0.717) is 43.2 Å². The summed E-state index contributed by atoms with van der Waals surface area (Å²) in [5.74, 6) is -0.571. The summed E-state index contributed by atoms with van der Waals surface area (Å²) >= 11 is 6.10. The molecule has 0 saturated carbocycles. The third-order valence-corrected chi connectivity index (χ3v) is 10.4. The molecule has 0 aromatic heterocycles. The number of hydrogen-bond donors (Lipinski definition) is 4. The van der Waals surface area contributed by atoms with Crippen LogP contribution in [0.2, 0.25) is 5.02 Å². The van der Waals surface area contributed by atoms with Gasteiger partial charge >= 0.3 is 12.0 Å². The quantitative estimate of drug-likeness (QED) is 0.129. The lowest BCUT2D eigenvalue weighted by Gasteiger charge is -2.45. The second-order valence-electron chi connectivity index (χ2n) is 13.7. The maximum absolute atomic E-state index is 13.1. The van der Waals surface area contributed by atoms with Gasteiger partial charge < -0.3 is 40.0 Å². The van der Waals surface area contributed by atoms with Gasteiger partial charge in [0, 0.05) is 48.2 Å². The largest absolute Gasteiger partial charge is 0.467 e. The number of amides is 2. The fourth-order valence-electron chi connectivity index (χ4n) is 7.01. The van der Waals surface area contributed by atoms with Crippen LogP contribution in [0, 0.1) is 5.92 Å². The number of hydrogen-bond acceptors (Lipinski definition) is 8. The molecule has 4 aromatic carbocycles. The molecule has 0 spiro atoms. The standard InChI is InChI=1S/C41H46ClN3O7/c1-27-36(25-45-21-19-41(49,20-22-45)32-15-17-33(42)18-16-32)51-39(52-37(27)30-13-11-29(26-46)12-14-30)31-9-6-10-34(24-31)43-40(48)44-35(38(47)50-2)23-28-7-4-3-5-8-28/h3-18,24,27,35-37,39,46,49H,19-23,25-26H2,1-2H3,(H2,43,44,48). The van der Waals surface area contributed by atoms with Crippen LogP contribution in [-0.4, -0.2) is 66.0 Å². The number of aliphatic hydroxyl groups is 2. The van der Waals surface area contributed by atoms with Crippen molar-refractivity contribution in [2.24, 2.45) is 5.92 Å². The highest BCUT2D eigenvalue weighted by molar-refractivity contribution is 6.30. The first-order chi connectivity index (χ1) is 25.1. The lowest BCUT2D eigenvalue weighted by Crippen LogP contribution is -2.49. The minimum atomic E-state index is -0.916. The molecule has 5 unspecified atom stereocenters. The first-order valence-electron chi connectivity index (χ1n) is 17.6. The first-order valence-corrected chi connectivity index (χ1v) is 18.0. The molecule has 274 valence electrons. The molecule has 0 radical (unpaired) electrons. The minimum absolute atomic E-state index is 0.0275. The number of nitrogens with zero attached hydrogens (tertiary/aromatic N) is 1. The molecule has 2 amide bonds. The number of benzene rings is 4. The van der Waals surface area contributed by atoms with E-state index in [9.17, 15) is 19.8 Å². The summed E-state index contributed by atoms with van der Waals surface area (Å²) in [6.07, 6.45) is 0.166. The summed E-state index contributed by atoms with van der Waals surface area (Å²) in [5, 5.41) is 27.3. The predicted octanol–water partition coefficient (Wildman–Crippen LogP) is 6.51. The van der Waals surface area contributed by atoms with E-state index in [1.54, 1.807) is 12.1 Å². The zero-order chi connectivity index (χ0) is 36.7. The van der Waals surface area contributed by atoms with Crippen molar-refractivity contribution in [2.75, 3.05) is 32.1 Å². The fraction of sp³-hybridized carbons (Fsp3) is 0.366. The normalized spacial score (nSPS) is 22.2. The summed E-state index contributed by atoms with van der Waals surface area (Å²) in [4.78, 5) is 28.0. The molecule has 6 rings (SSSR count). The van der Waals surface area contributed by atoms with Crippen LogP contribution in [0.25, 0.3) is 0 Å². The van der Waals surface area contributed by atoms with Gasteiger partial charge in [-0.2, -0.15) is 0 Å². The van der Waals surface area contributed by atoms with Crippen molar-refractivity contribution < 1.29 is 34.0 Å². The topological polar surface area (TPSA) is 130 Å². The zero-order valence-electron chi connectivity index (χ0n) is 29.4. The predicted molar refractivity (Wildman–Crippen MR) is 199 cm³/mol. The van der Waals surface area contributed by atoms with Crippen LogP contribution in [0.5, 0.6) is 0 Å². The summed E-state index contributed by atoms with van der Waals surface area (Å²) in [5.41, 5.74) is 3.85. The lowest BCUT2D eigenvalue weighted by molar-refractivity contribution is -0.277. The summed E-state index contributed by atoms with van der Waals surface area (Å²) in [6, 6.07) is 30.4. The molecule has 5 atom stereocenters. The molecule has 52 heavy (non-hydrogen) atoms. The first kappa shape index (κ1) is 37.5. The zero-order valence-corrected chi connectivity index (χ0v) is 30.2. The van der Waals surface area contributed by atoms with Gasteiger partial charge in [-0.1, -0.05) is 97.4 Å². The molecule has 2 aliphatic rings. The molecule has 0 aliphatic carbocycles. The monoisotopic (exact) mass is 727 g/mol. The third-order valence-electron chi connectivity index (χ3n) is 10.1. The SMILES string of the molecule is COC(=O)C(Cc1ccccc1)NC(=O)Nc1cccc(C2OC(CN3CCC(O)(c4ccc(Cl)cc4)CC3)C(C)C(c3ccc(CO)cc3)O2)c1. The molecule has 0 bridgehead atoms. The summed E-state index contributed by atoms with van der Waals surface area (Å²) in [6.45, 7) is 4.10. The van der Waals surface area contributed by atoms with Crippen LogP contribution in [0.1, 0.15) is 60.0 Å². The van der Waals surface area contributed by atoms with Gasteiger partial charge in [-0.05, 0) is 59.4 Å². The number of halogens is 1. The third kappa shape index (κ3) is 9.19. The molecule has 10 nitrogen and oxygen atoms in total. The Morgan fingerprint density at radius 1 is 0.923 bits per heavy atom. The number of anilines is 1. The van der Waals surface area contributed by atoms with Crippen molar-refractivity contribution in [1.82, 2.24) is 10.2 Å². The van der Waals surface area contributed by atoms with Crippen molar-refractivity contribution in [2.45, 2.75) is 62.9 Å². The number of urea groups is 1. The van der Waals surface area contributed by atoms with Crippen molar-refractivity contribution in [3.63, 3.8) is 0 Å². The number of carbonyl (C=O) groups excluding carboxylic acids is 2. The molecule has 4 N–H and O–H groups in total. The number of nitrogens with one attached hydrogen (secondary N) is 2. The Kier molecular flexibility index (Phi) is 12.3. The molecule has 2 saturated heterocycles. The van der Waals surface area contributed by atoms with E-state index in [0.717, 1.165) is 27.8 Å². The highest BCUT2D eigenvalue weighted by atomic mass is 35.5. The maximum atomic E-state index is 13.1. The van der Waals surface area contributed by atoms with Gasteiger partial charge in [0.25, 0.3) is 0 Å². The van der Waals surface area contributed by atoms with Crippen molar-refractivity contribution in [3.8, 4) is 0 Å². The van der Waals surface area contributed by atoms with Crippen LogP contribution in [0.3, 0.4) is 0 Å². The number of rotatable bonds is 11. The molecule has 2 fully saturated rings. The highest BCUT2D eigenvalue weighted by Crippen LogP contribution is 2.43. The van der Waals surface area contributed by atoms with Crippen LogP contribution < -0.4 is 10.6 Å². The van der Waals surface area contributed by atoms with Crippen LogP contribution in [0.15, 0.2) is 103 Å². The Bertz CT molecular complexity index is 1780. The number of methoxy groups -OCH3 is 1. The van der Waals surface area contributed by atoms with E-state index in [4.69, 9.17) is 25.8 Å². The number of esters is 1. The van der Waals surface area contributed by atoms with Crippen molar-refractivity contribution in [1.29, 1.82) is 0 Å². The molecule has 11 heteroatoms. The highest BCUT2D eigenvalue weighted by Gasteiger charge is 2.41. The van der Waals surface area contributed by atoms with E-state index in [-0.39, 0.29) is 31.2 Å². The second-order valence-corrected chi connectivity index (χ2v) is 14.1. The van der Waals surface area contributed by atoms with E-state index in [1.807, 2.05) is 91.0 Å². The summed E-state index contributed by atoms with van der Waals surface area (Å²) in [7, 11) is 1.29. The Morgan fingerprint density at radius 2 is 1.63 bits per heavy atom. The Morgan fingerprint density at radius 3 is 2.31 bits per heavy atom. The average molecular weight is 728 g/mol. The Labute approximate surface area is 309 Å². The number of carbonyl (C=O) groups is 2. The molecule has 2 heterocycles.